The normalized spacial score (nSPS) is 22.1. The molecule has 0 bridgehead atoms. The standard InChI is InChI=1S/C12H20N2/c1-9-7-14-8-10(12(2,3)4)5-11(14)6-13-9/h5,8-9,13H,6-7H2,1-4H3/t9-/m1/s1. The van der Waals surface area contributed by atoms with Crippen LogP contribution in [0.25, 0.3) is 0 Å². The van der Waals surface area contributed by atoms with Crippen molar-refractivity contribution in [2.24, 2.45) is 0 Å². The molecule has 2 nitrogen and oxygen atoms in total. The Hall–Kier alpha value is -0.760. The van der Waals surface area contributed by atoms with Gasteiger partial charge in [-0.2, -0.15) is 0 Å². The second-order valence-corrected chi connectivity index (χ2v) is 5.40. The summed E-state index contributed by atoms with van der Waals surface area (Å²) < 4.78 is 2.39. The van der Waals surface area contributed by atoms with Gasteiger partial charge in [-0.25, -0.2) is 0 Å². The van der Waals surface area contributed by atoms with Gasteiger partial charge in [-0.3, -0.25) is 0 Å². The molecular formula is C12H20N2. The van der Waals surface area contributed by atoms with Gasteiger partial charge in [0, 0.05) is 31.0 Å². The lowest BCUT2D eigenvalue weighted by Gasteiger charge is -2.22. The van der Waals surface area contributed by atoms with Crippen LogP contribution in [0.15, 0.2) is 12.3 Å². The first-order chi connectivity index (χ1) is 6.47. The van der Waals surface area contributed by atoms with Crippen LogP contribution in [0.5, 0.6) is 0 Å². The van der Waals surface area contributed by atoms with Crippen LogP contribution >= 0.6 is 0 Å². The van der Waals surface area contributed by atoms with E-state index in [0.717, 1.165) is 13.1 Å². The van der Waals surface area contributed by atoms with E-state index in [-0.39, 0.29) is 5.41 Å². The Balaban J connectivity index is 2.32. The minimum absolute atomic E-state index is 0.271. The maximum Gasteiger partial charge on any atom is 0.0374 e. The summed E-state index contributed by atoms with van der Waals surface area (Å²) in [5.41, 5.74) is 3.14. The molecule has 0 fully saturated rings. The van der Waals surface area contributed by atoms with Crippen LogP contribution in [0.4, 0.5) is 0 Å². The van der Waals surface area contributed by atoms with E-state index < -0.39 is 0 Å². The zero-order valence-corrected chi connectivity index (χ0v) is 9.59. The Labute approximate surface area is 86.3 Å². The van der Waals surface area contributed by atoms with E-state index >= 15 is 0 Å². The number of nitrogens with one attached hydrogen (secondary N) is 1. The van der Waals surface area contributed by atoms with Gasteiger partial charge in [-0.05, 0) is 24.0 Å². The molecule has 0 aromatic carbocycles. The molecule has 0 amide bonds. The summed E-state index contributed by atoms with van der Waals surface area (Å²) in [7, 11) is 0. The highest BCUT2D eigenvalue weighted by Crippen LogP contribution is 2.25. The second-order valence-electron chi connectivity index (χ2n) is 5.40. The molecule has 1 aliphatic heterocycles. The molecule has 0 spiro atoms. The van der Waals surface area contributed by atoms with Gasteiger partial charge in [0.1, 0.15) is 0 Å². The first-order valence-corrected chi connectivity index (χ1v) is 5.40. The summed E-state index contributed by atoms with van der Waals surface area (Å²) in [5, 5.41) is 3.48. The van der Waals surface area contributed by atoms with Gasteiger partial charge < -0.3 is 9.88 Å². The van der Waals surface area contributed by atoms with Crippen molar-refractivity contribution in [2.45, 2.75) is 52.2 Å². The molecule has 0 saturated carbocycles. The zero-order chi connectivity index (χ0) is 10.3. The van der Waals surface area contributed by atoms with Crippen molar-refractivity contribution >= 4 is 0 Å². The van der Waals surface area contributed by atoms with E-state index in [0.29, 0.717) is 6.04 Å². The Morgan fingerprint density at radius 2 is 2.14 bits per heavy atom. The van der Waals surface area contributed by atoms with Crippen molar-refractivity contribution in [2.75, 3.05) is 0 Å². The first kappa shape index (κ1) is 9.78. The molecule has 1 N–H and O–H groups in total. The van der Waals surface area contributed by atoms with Crippen LogP contribution in [-0.2, 0) is 18.5 Å². The number of hydrogen-bond donors (Lipinski definition) is 1. The van der Waals surface area contributed by atoms with Gasteiger partial charge in [0.05, 0.1) is 0 Å². The van der Waals surface area contributed by atoms with Gasteiger partial charge in [-0.15, -0.1) is 0 Å². The number of fused-ring (bicyclic) bond motifs is 1. The SMILES string of the molecule is C[C@@H]1Cn2cc(C(C)(C)C)cc2CN1. The smallest absolute Gasteiger partial charge is 0.0374 e. The summed E-state index contributed by atoms with van der Waals surface area (Å²) in [4.78, 5) is 0. The average Bonchev–Trinajstić information content (AvgIpc) is 2.45. The maximum absolute atomic E-state index is 3.48. The Morgan fingerprint density at radius 3 is 2.79 bits per heavy atom. The van der Waals surface area contributed by atoms with Crippen molar-refractivity contribution in [3.63, 3.8) is 0 Å². The largest absolute Gasteiger partial charge is 0.348 e. The summed E-state index contributed by atoms with van der Waals surface area (Å²) in [6.45, 7) is 11.2. The fourth-order valence-electron chi connectivity index (χ4n) is 1.92. The van der Waals surface area contributed by atoms with Gasteiger partial charge >= 0.3 is 0 Å². The predicted octanol–water partition coefficient (Wildman–Crippen LogP) is 2.28. The van der Waals surface area contributed by atoms with E-state index in [1.807, 2.05) is 0 Å². The molecule has 2 heteroatoms. The topological polar surface area (TPSA) is 17.0 Å². The Bertz CT molecular complexity index is 331. The van der Waals surface area contributed by atoms with Crippen LogP contribution in [-0.4, -0.2) is 10.6 Å². The van der Waals surface area contributed by atoms with E-state index in [1.54, 1.807) is 0 Å². The third kappa shape index (κ3) is 1.71. The van der Waals surface area contributed by atoms with E-state index in [2.05, 4.69) is 49.8 Å². The van der Waals surface area contributed by atoms with Crippen molar-refractivity contribution in [1.29, 1.82) is 0 Å². The molecule has 78 valence electrons. The molecule has 14 heavy (non-hydrogen) atoms. The number of aromatic nitrogens is 1. The lowest BCUT2D eigenvalue weighted by atomic mass is 9.89. The third-order valence-electron chi connectivity index (χ3n) is 2.95. The highest BCUT2D eigenvalue weighted by molar-refractivity contribution is 5.26. The second kappa shape index (κ2) is 3.13. The molecule has 1 aromatic heterocycles. The molecule has 0 unspecified atom stereocenters. The van der Waals surface area contributed by atoms with Crippen molar-refractivity contribution < 1.29 is 0 Å². The monoisotopic (exact) mass is 192 g/mol. The van der Waals surface area contributed by atoms with Crippen LogP contribution in [0.1, 0.15) is 39.0 Å². The van der Waals surface area contributed by atoms with Crippen LogP contribution in [0, 0.1) is 0 Å². The van der Waals surface area contributed by atoms with Crippen molar-refractivity contribution in [1.82, 2.24) is 9.88 Å². The van der Waals surface area contributed by atoms with Gasteiger partial charge in [0.25, 0.3) is 0 Å². The Morgan fingerprint density at radius 1 is 1.43 bits per heavy atom. The lowest BCUT2D eigenvalue weighted by molar-refractivity contribution is 0.416. The third-order valence-corrected chi connectivity index (χ3v) is 2.95. The van der Waals surface area contributed by atoms with E-state index in [4.69, 9.17) is 0 Å². The minimum atomic E-state index is 0.271. The van der Waals surface area contributed by atoms with Gasteiger partial charge in [0.2, 0.25) is 0 Å². The molecule has 0 saturated heterocycles. The fourth-order valence-corrected chi connectivity index (χ4v) is 1.92. The quantitative estimate of drug-likeness (QED) is 0.667. The molecule has 2 rings (SSSR count). The van der Waals surface area contributed by atoms with Crippen LogP contribution in [0.3, 0.4) is 0 Å². The highest BCUT2D eigenvalue weighted by atomic mass is 15.1. The number of nitrogens with zero attached hydrogens (tertiary/aromatic N) is 1. The van der Waals surface area contributed by atoms with E-state index in [1.165, 1.54) is 11.3 Å². The van der Waals surface area contributed by atoms with Gasteiger partial charge in [0.15, 0.2) is 0 Å². The maximum atomic E-state index is 3.48. The first-order valence-electron chi connectivity index (χ1n) is 5.40. The molecular weight excluding hydrogens is 172 g/mol. The van der Waals surface area contributed by atoms with E-state index in [9.17, 15) is 0 Å². The van der Waals surface area contributed by atoms with Crippen molar-refractivity contribution in [3.05, 3.63) is 23.5 Å². The van der Waals surface area contributed by atoms with Crippen LogP contribution in [0.2, 0.25) is 0 Å². The van der Waals surface area contributed by atoms with Gasteiger partial charge in [-0.1, -0.05) is 20.8 Å². The zero-order valence-electron chi connectivity index (χ0n) is 9.59. The highest BCUT2D eigenvalue weighted by Gasteiger charge is 2.20. The predicted molar refractivity (Wildman–Crippen MR) is 59.4 cm³/mol. The molecule has 0 radical (unpaired) electrons. The van der Waals surface area contributed by atoms with Crippen LogP contribution < -0.4 is 5.32 Å². The summed E-state index contributed by atoms with van der Waals surface area (Å²) in [6, 6.07) is 2.93. The van der Waals surface area contributed by atoms with Crippen molar-refractivity contribution in [3.8, 4) is 0 Å². The number of hydrogen-bond acceptors (Lipinski definition) is 1. The lowest BCUT2D eigenvalue weighted by Crippen LogP contribution is -2.35. The average molecular weight is 192 g/mol. The summed E-state index contributed by atoms with van der Waals surface area (Å²) >= 11 is 0. The summed E-state index contributed by atoms with van der Waals surface area (Å²) in [6.07, 6.45) is 2.31. The Kier molecular flexibility index (Phi) is 2.18. The molecule has 2 heterocycles. The minimum Gasteiger partial charge on any atom is -0.348 e. The number of rotatable bonds is 0. The summed E-state index contributed by atoms with van der Waals surface area (Å²) in [5.74, 6) is 0. The molecule has 0 aliphatic carbocycles. The molecule has 1 atom stereocenters. The fraction of sp³-hybridized carbons (Fsp3) is 0.667. The molecule has 1 aromatic rings. The molecule has 1 aliphatic rings.